The van der Waals surface area contributed by atoms with Crippen LogP contribution in [0.5, 0.6) is 0 Å². The number of amides is 2. The molecule has 8 rings (SSSR count). The van der Waals surface area contributed by atoms with E-state index in [0.717, 1.165) is 36.4 Å². The predicted molar refractivity (Wildman–Crippen MR) is 196 cm³/mol. The van der Waals surface area contributed by atoms with Gasteiger partial charge < -0.3 is 25.4 Å². The van der Waals surface area contributed by atoms with E-state index in [2.05, 4.69) is 15.6 Å². The summed E-state index contributed by atoms with van der Waals surface area (Å²) in [6.07, 6.45) is 9.23. The van der Waals surface area contributed by atoms with E-state index in [0.29, 0.717) is 28.0 Å². The predicted octanol–water partition coefficient (Wildman–Crippen LogP) is 7.73. The quantitative estimate of drug-likeness (QED) is 0.159. The number of halogens is 4. The topological polar surface area (TPSA) is 117 Å². The van der Waals surface area contributed by atoms with E-state index in [4.69, 9.17) is 9.97 Å². The van der Waals surface area contributed by atoms with Gasteiger partial charge in [-0.15, -0.1) is 0 Å². The number of benzene rings is 1. The van der Waals surface area contributed by atoms with Crippen LogP contribution in [-0.4, -0.2) is 63.4 Å². The van der Waals surface area contributed by atoms with Crippen molar-refractivity contribution in [3.8, 4) is 11.3 Å². The highest BCUT2D eigenvalue weighted by Crippen LogP contribution is 2.50. The number of nitrogens with zero attached hydrogens (tertiary/aromatic N) is 5. The van der Waals surface area contributed by atoms with Crippen molar-refractivity contribution in [3.05, 3.63) is 59.2 Å². The van der Waals surface area contributed by atoms with Gasteiger partial charge >= 0.3 is 0 Å². The number of aromatic nitrogens is 4. The average Bonchev–Trinajstić information content (AvgIpc) is 3.64. The van der Waals surface area contributed by atoms with E-state index >= 15 is 8.78 Å². The summed E-state index contributed by atoms with van der Waals surface area (Å²) < 4.78 is 57.7. The summed E-state index contributed by atoms with van der Waals surface area (Å²) in [5.74, 6) is -3.39. The van der Waals surface area contributed by atoms with Crippen molar-refractivity contribution < 1.29 is 27.2 Å². The van der Waals surface area contributed by atoms with Gasteiger partial charge in [-0.25, -0.2) is 27.5 Å². The summed E-state index contributed by atoms with van der Waals surface area (Å²) in [7, 11) is 0. The standard InChI is InChI=1S/C32H33F4N7O2.C7H13N/c1-15(2)42-14-39-22-11-20(17-9-23-28(37-12-17)32(4,5)31(45)43(23)18-7-6-8-18)40-29(27(22)42)41-21-10-19(16(3)25(35)26(21)36)30(44)38-13-24(33)34;1-2-7(3-4-7)6-8-5-1/h9-12,14-15,18,24H,6-8,13H2,1-5H3,(H,38,44)(H,40,41);8H,1-6H2. The molecule has 3 N–H and O–H groups in total. The molecular weight excluding hydrogens is 688 g/mol. The SMILES string of the molecule is C1CNCC2(C1)CC2.Cc1c(C(=O)NCC(F)F)cc(Nc2nc(-c3cnc4c(c3)N(C3CCC3)C(=O)C4(C)C)cc3ncn(C(C)C)c23)c(F)c1F. The number of hydrogen-bond donors (Lipinski definition) is 3. The number of piperidine rings is 1. The molecule has 1 spiro atoms. The summed E-state index contributed by atoms with van der Waals surface area (Å²) in [5, 5.41) is 8.33. The molecule has 5 heterocycles. The monoisotopic (exact) mass is 734 g/mol. The number of carbonyl (C=O) groups is 2. The molecule has 2 saturated carbocycles. The van der Waals surface area contributed by atoms with Crippen molar-refractivity contribution >= 4 is 40.0 Å². The van der Waals surface area contributed by atoms with E-state index in [1.54, 1.807) is 18.6 Å². The first-order valence-corrected chi connectivity index (χ1v) is 18.5. The maximum atomic E-state index is 15.3. The highest BCUT2D eigenvalue weighted by Gasteiger charge is 2.49. The zero-order valence-corrected chi connectivity index (χ0v) is 30.8. The molecule has 2 aliphatic heterocycles. The van der Waals surface area contributed by atoms with Crippen LogP contribution < -0.4 is 20.9 Å². The van der Waals surface area contributed by atoms with Gasteiger partial charge in [0.2, 0.25) is 5.91 Å². The van der Waals surface area contributed by atoms with Gasteiger partial charge in [0.05, 0.1) is 46.6 Å². The highest BCUT2D eigenvalue weighted by molar-refractivity contribution is 6.08. The number of nitrogens with one attached hydrogen (secondary N) is 3. The molecule has 3 aromatic heterocycles. The number of carbonyl (C=O) groups excluding carboxylic acids is 2. The van der Waals surface area contributed by atoms with Crippen LogP contribution in [0.2, 0.25) is 0 Å². The van der Waals surface area contributed by atoms with Crippen LogP contribution in [0, 0.1) is 24.0 Å². The Labute approximate surface area is 306 Å². The van der Waals surface area contributed by atoms with E-state index in [1.807, 2.05) is 48.5 Å². The third-order valence-corrected chi connectivity index (χ3v) is 11.2. The molecule has 0 unspecified atom stereocenters. The fraction of sp³-hybridized carbons (Fsp3) is 0.513. The third kappa shape index (κ3) is 6.86. The Morgan fingerprint density at radius 3 is 2.42 bits per heavy atom. The van der Waals surface area contributed by atoms with Crippen molar-refractivity contribution in [2.45, 2.75) is 103 Å². The normalized spacial score (nSPS) is 18.6. The summed E-state index contributed by atoms with van der Waals surface area (Å²) >= 11 is 0. The van der Waals surface area contributed by atoms with Gasteiger partial charge in [0.15, 0.2) is 17.5 Å². The molecule has 0 atom stereocenters. The van der Waals surface area contributed by atoms with Crippen molar-refractivity contribution in [3.63, 3.8) is 0 Å². The van der Waals surface area contributed by atoms with Crippen LogP contribution in [0.3, 0.4) is 0 Å². The number of anilines is 3. The molecule has 14 heteroatoms. The summed E-state index contributed by atoms with van der Waals surface area (Å²) in [4.78, 5) is 41.9. The van der Waals surface area contributed by atoms with Crippen LogP contribution in [0.25, 0.3) is 22.3 Å². The highest BCUT2D eigenvalue weighted by atomic mass is 19.3. The van der Waals surface area contributed by atoms with E-state index < -0.39 is 41.6 Å². The number of rotatable bonds is 8. The second kappa shape index (κ2) is 14.0. The van der Waals surface area contributed by atoms with Gasteiger partial charge in [-0.3, -0.25) is 14.6 Å². The molecule has 0 radical (unpaired) electrons. The Hall–Kier alpha value is -4.59. The largest absolute Gasteiger partial charge is 0.346 e. The smallest absolute Gasteiger partial charge is 0.255 e. The average molecular weight is 735 g/mol. The van der Waals surface area contributed by atoms with Gasteiger partial charge in [0.1, 0.15) is 5.52 Å². The van der Waals surface area contributed by atoms with Crippen molar-refractivity contribution in [2.75, 3.05) is 29.9 Å². The maximum Gasteiger partial charge on any atom is 0.255 e. The summed E-state index contributed by atoms with van der Waals surface area (Å²) in [5.41, 5.74) is 2.44. The minimum atomic E-state index is -2.81. The lowest BCUT2D eigenvalue weighted by Crippen LogP contribution is -2.46. The van der Waals surface area contributed by atoms with E-state index in [-0.39, 0.29) is 34.9 Å². The number of pyridine rings is 2. The molecule has 1 saturated heterocycles. The second-order valence-corrected chi connectivity index (χ2v) is 15.7. The van der Waals surface area contributed by atoms with E-state index in [1.165, 1.54) is 45.7 Å². The number of hydrogen-bond acceptors (Lipinski definition) is 7. The van der Waals surface area contributed by atoms with Crippen molar-refractivity contribution in [2.24, 2.45) is 5.41 Å². The minimum Gasteiger partial charge on any atom is -0.346 e. The van der Waals surface area contributed by atoms with Crippen LogP contribution in [0.15, 0.2) is 30.7 Å². The Morgan fingerprint density at radius 1 is 1.06 bits per heavy atom. The lowest BCUT2D eigenvalue weighted by atomic mass is 9.89. The Balaban J connectivity index is 0.000000476. The first-order chi connectivity index (χ1) is 25.2. The molecule has 53 heavy (non-hydrogen) atoms. The fourth-order valence-corrected chi connectivity index (χ4v) is 7.53. The molecule has 1 aromatic carbocycles. The first-order valence-electron chi connectivity index (χ1n) is 18.5. The Bertz CT molecular complexity index is 2060. The number of alkyl halides is 2. The number of fused-ring (bicyclic) bond motifs is 2. The van der Waals surface area contributed by atoms with Crippen LogP contribution in [0.1, 0.15) is 100 Å². The van der Waals surface area contributed by atoms with Gasteiger partial charge in [0.25, 0.3) is 12.3 Å². The summed E-state index contributed by atoms with van der Waals surface area (Å²) in [6, 6.07) is 4.74. The van der Waals surface area contributed by atoms with Gasteiger partial charge in [0, 0.05) is 41.5 Å². The minimum absolute atomic E-state index is 0.00134. The van der Waals surface area contributed by atoms with Gasteiger partial charge in [-0.2, -0.15) is 0 Å². The maximum absolute atomic E-state index is 15.3. The molecule has 4 aliphatic rings. The molecule has 2 aliphatic carbocycles. The Morgan fingerprint density at radius 2 is 1.81 bits per heavy atom. The number of imidazole rings is 1. The van der Waals surface area contributed by atoms with Crippen LogP contribution in [-0.2, 0) is 10.2 Å². The van der Waals surface area contributed by atoms with Gasteiger partial charge in [-0.1, -0.05) is 0 Å². The molecule has 0 bridgehead atoms. The summed E-state index contributed by atoms with van der Waals surface area (Å²) in [6.45, 7) is 10.4. The fourth-order valence-electron chi connectivity index (χ4n) is 7.53. The zero-order valence-electron chi connectivity index (χ0n) is 30.8. The lowest BCUT2D eigenvalue weighted by molar-refractivity contribution is -0.123. The lowest BCUT2D eigenvalue weighted by Gasteiger charge is -2.35. The van der Waals surface area contributed by atoms with Crippen LogP contribution >= 0.6 is 0 Å². The molecule has 3 fully saturated rings. The van der Waals surface area contributed by atoms with Crippen LogP contribution in [0.4, 0.5) is 34.8 Å². The van der Waals surface area contributed by atoms with E-state index in [9.17, 15) is 18.4 Å². The molecule has 2 amide bonds. The molecular formula is C39H46F4N8O2. The van der Waals surface area contributed by atoms with Crippen molar-refractivity contribution in [1.82, 2.24) is 30.2 Å². The zero-order chi connectivity index (χ0) is 37.8. The molecule has 282 valence electrons. The van der Waals surface area contributed by atoms with Crippen molar-refractivity contribution in [1.29, 1.82) is 0 Å². The Kier molecular flexibility index (Phi) is 9.71. The molecule has 10 nitrogen and oxygen atoms in total. The molecule has 4 aromatic rings. The third-order valence-electron chi connectivity index (χ3n) is 11.2. The van der Waals surface area contributed by atoms with Gasteiger partial charge in [-0.05, 0) is 110 Å². The second-order valence-electron chi connectivity index (χ2n) is 15.7. The first kappa shape index (κ1) is 36.8.